The first-order valence-electron chi connectivity index (χ1n) is 22.2. The molecule has 1 aliphatic carbocycles. The molecule has 1 aliphatic heterocycles. The van der Waals surface area contributed by atoms with Crippen molar-refractivity contribution in [1.82, 2.24) is 26.2 Å². The van der Waals surface area contributed by atoms with Gasteiger partial charge in [-0.2, -0.15) is 0 Å². The van der Waals surface area contributed by atoms with E-state index >= 15 is 0 Å². The number of methoxy groups -OCH3 is 1. The second kappa shape index (κ2) is 29.1. The Balaban J connectivity index is 0.00000150. The van der Waals surface area contributed by atoms with Crippen LogP contribution in [0.4, 0.5) is 0 Å². The number of ether oxygens (including phenoxy) is 3. The van der Waals surface area contributed by atoms with Gasteiger partial charge in [0, 0.05) is 20.1 Å². The normalized spacial score (nSPS) is 15.5. The Hall–Kier alpha value is -5.31. The van der Waals surface area contributed by atoms with Crippen LogP contribution < -0.4 is 26.0 Å². The summed E-state index contributed by atoms with van der Waals surface area (Å²) in [5.74, 6) is -4.19. The lowest BCUT2D eigenvalue weighted by atomic mass is 10.0. The summed E-state index contributed by atoms with van der Waals surface area (Å²) in [6.45, 7) is 11.1. The van der Waals surface area contributed by atoms with Crippen molar-refractivity contribution in [2.45, 2.75) is 142 Å². The first-order chi connectivity index (χ1) is 29.7. The van der Waals surface area contributed by atoms with Crippen molar-refractivity contribution >= 4 is 41.3 Å². The van der Waals surface area contributed by atoms with Crippen molar-refractivity contribution in [3.63, 3.8) is 0 Å². The van der Waals surface area contributed by atoms with Gasteiger partial charge in [0.2, 0.25) is 29.4 Å². The molecule has 1 heterocycles. The van der Waals surface area contributed by atoms with Gasteiger partial charge in [-0.05, 0) is 69.7 Å². The van der Waals surface area contributed by atoms with Gasteiger partial charge in [0.25, 0.3) is 5.91 Å². The molecule has 1 saturated carbocycles. The summed E-state index contributed by atoms with van der Waals surface area (Å²) in [6.07, 6.45) is 11.0. The number of aryl methyl sites for hydroxylation is 1. The van der Waals surface area contributed by atoms with E-state index in [1.165, 1.54) is 43.4 Å². The maximum Gasteiger partial charge on any atom is 0.333 e. The molecule has 15 heteroatoms. The summed E-state index contributed by atoms with van der Waals surface area (Å²) in [5.41, 5.74) is 0.546. The zero-order valence-electron chi connectivity index (χ0n) is 38.0. The molecule has 0 radical (unpaired) electrons. The van der Waals surface area contributed by atoms with Gasteiger partial charge >= 0.3 is 5.97 Å². The average molecular weight is 866 g/mol. The van der Waals surface area contributed by atoms with Crippen LogP contribution in [0.15, 0.2) is 54.6 Å². The summed E-state index contributed by atoms with van der Waals surface area (Å²) in [4.78, 5) is 92.2. The molecule has 0 aromatic heterocycles. The van der Waals surface area contributed by atoms with E-state index in [2.05, 4.69) is 21.3 Å². The molecule has 1 saturated heterocycles. The number of nitrogens with one attached hydrogen (secondary N) is 4. The minimum absolute atomic E-state index is 0.137. The third-order valence-corrected chi connectivity index (χ3v) is 9.83. The molecule has 62 heavy (non-hydrogen) atoms. The maximum absolute atomic E-state index is 13.4. The number of hydrogen-bond acceptors (Lipinski definition) is 10. The summed E-state index contributed by atoms with van der Waals surface area (Å²) in [7, 11) is 1.59. The number of amides is 5. The number of rotatable bonds is 20. The molecular weight excluding hydrogens is 795 g/mol. The predicted molar refractivity (Wildman–Crippen MR) is 237 cm³/mol. The number of ketones is 1. The highest BCUT2D eigenvalue weighted by Gasteiger charge is 2.37. The molecule has 0 bridgehead atoms. The summed E-state index contributed by atoms with van der Waals surface area (Å²) >= 11 is 0. The summed E-state index contributed by atoms with van der Waals surface area (Å²) in [5, 5.41) is 10.1. The van der Waals surface area contributed by atoms with Crippen LogP contribution in [-0.2, 0) is 49.5 Å². The number of carbonyl (C=O) groups is 7. The molecule has 344 valence electrons. The van der Waals surface area contributed by atoms with Gasteiger partial charge in [0.05, 0.1) is 25.7 Å². The van der Waals surface area contributed by atoms with Gasteiger partial charge in [-0.15, -0.1) is 0 Å². The Morgan fingerprint density at radius 1 is 0.790 bits per heavy atom. The largest absolute Gasteiger partial charge is 0.491 e. The van der Waals surface area contributed by atoms with Crippen LogP contribution in [0.3, 0.4) is 0 Å². The number of esters is 1. The summed E-state index contributed by atoms with van der Waals surface area (Å²) in [6, 6.07) is 12.6. The Morgan fingerprint density at radius 2 is 1.45 bits per heavy atom. The van der Waals surface area contributed by atoms with E-state index in [0.717, 1.165) is 5.56 Å². The zero-order chi connectivity index (χ0) is 45.9. The van der Waals surface area contributed by atoms with E-state index in [4.69, 9.17) is 14.2 Å². The van der Waals surface area contributed by atoms with Crippen LogP contribution in [-0.4, -0.2) is 104 Å². The van der Waals surface area contributed by atoms with Gasteiger partial charge in [0.15, 0.2) is 6.04 Å². The fourth-order valence-electron chi connectivity index (χ4n) is 6.78. The second-order valence-corrected chi connectivity index (χ2v) is 16.0. The smallest absolute Gasteiger partial charge is 0.333 e. The van der Waals surface area contributed by atoms with Crippen molar-refractivity contribution < 1.29 is 47.8 Å². The molecule has 4 rings (SSSR count). The van der Waals surface area contributed by atoms with Gasteiger partial charge < -0.3 is 40.4 Å². The van der Waals surface area contributed by atoms with Crippen LogP contribution in [0.2, 0.25) is 0 Å². The number of nitrogens with zero attached hydrogens (tertiary/aromatic N) is 1. The third kappa shape index (κ3) is 20.0. The molecule has 0 spiro atoms. The van der Waals surface area contributed by atoms with Crippen LogP contribution in [0, 0.1) is 0 Å². The highest BCUT2D eigenvalue weighted by Crippen LogP contribution is 2.20. The molecule has 2 aromatic rings. The number of Topliss-reactive ketones (excluding diaryl/α,β-unsaturated/α-hetero) is 1. The van der Waals surface area contributed by atoms with Gasteiger partial charge in [0.1, 0.15) is 24.0 Å². The van der Waals surface area contributed by atoms with Crippen LogP contribution in [0.1, 0.15) is 129 Å². The lowest BCUT2D eigenvalue weighted by molar-refractivity contribution is -0.158. The van der Waals surface area contributed by atoms with E-state index in [9.17, 15) is 33.6 Å². The zero-order valence-corrected chi connectivity index (χ0v) is 38.0. The molecule has 3 unspecified atom stereocenters. The van der Waals surface area contributed by atoms with Crippen LogP contribution in [0.25, 0.3) is 0 Å². The molecular formula is C47H71N5O10. The molecule has 15 nitrogen and oxygen atoms in total. The van der Waals surface area contributed by atoms with E-state index in [1.54, 1.807) is 65.1 Å². The number of carbonyl (C=O) groups excluding carboxylic acids is 7. The van der Waals surface area contributed by atoms with E-state index in [0.29, 0.717) is 50.2 Å². The van der Waals surface area contributed by atoms with Crippen molar-refractivity contribution in [3.05, 3.63) is 65.7 Å². The Bertz CT molecular complexity index is 1700. The first-order valence-corrected chi connectivity index (χ1v) is 22.2. The Morgan fingerprint density at radius 3 is 2.06 bits per heavy atom. The van der Waals surface area contributed by atoms with E-state index in [-0.39, 0.29) is 31.8 Å². The molecule has 5 amide bonds. The van der Waals surface area contributed by atoms with Crippen molar-refractivity contribution in [2.75, 3.05) is 40.0 Å². The van der Waals surface area contributed by atoms with Crippen molar-refractivity contribution in [1.29, 1.82) is 0 Å². The lowest BCUT2D eigenvalue weighted by Crippen LogP contribution is -2.54. The highest BCUT2D eigenvalue weighted by molar-refractivity contribution is 6.38. The fourth-order valence-corrected chi connectivity index (χ4v) is 6.78. The second-order valence-electron chi connectivity index (χ2n) is 16.0. The van der Waals surface area contributed by atoms with Gasteiger partial charge in [-0.1, -0.05) is 108 Å². The van der Waals surface area contributed by atoms with E-state index in [1.807, 2.05) is 38.1 Å². The summed E-state index contributed by atoms with van der Waals surface area (Å²) < 4.78 is 16.1. The molecule has 3 atom stereocenters. The van der Waals surface area contributed by atoms with Crippen molar-refractivity contribution in [3.8, 4) is 5.75 Å². The Labute approximate surface area is 368 Å². The van der Waals surface area contributed by atoms with Gasteiger partial charge in [-0.25, -0.2) is 4.79 Å². The topological polar surface area (TPSA) is 199 Å². The van der Waals surface area contributed by atoms with E-state index < -0.39 is 65.7 Å². The standard InChI is InChI=1S/C39H53N5O10.C6H12.C2H6/c1-6-12-29(35(48)37(50)41-24-32(46)43-34(27-14-8-7-9-15-27)38(51)54-39(2,3)4)42-36(49)30-17-11-20-44(30)33(47)25-40-31(45)19-18-26-13-10-16-28(23-26)53-22-21-52-5;1-2-4-6-5-3-1;1-2/h7-10,13-16,23,29-30,34H,6,11-12,17-22,24-25H2,1-5H3,(H,40,45)(H,41,50)(H,42,49)(H,43,46);1-6H2;1-2H3. The first kappa shape index (κ1) is 52.8. The SMILES string of the molecule is C1CCCCC1.CC.CCCC(NC(=O)C1CCCN1C(=O)CNC(=O)CCc1cccc(OCCOC)c1)C(=O)C(=O)NCC(=O)NC(C(=O)OC(C)(C)C)c1ccccc1. The minimum atomic E-state index is -1.20. The minimum Gasteiger partial charge on any atom is -0.491 e. The number of benzene rings is 2. The average Bonchev–Trinajstić information content (AvgIpc) is 3.78. The molecule has 4 N–H and O–H groups in total. The van der Waals surface area contributed by atoms with Crippen LogP contribution in [0.5, 0.6) is 5.75 Å². The number of likely N-dealkylation sites (tertiary alicyclic amines) is 1. The molecule has 2 aromatic carbocycles. The maximum atomic E-state index is 13.4. The highest BCUT2D eigenvalue weighted by atomic mass is 16.6. The molecule has 2 fully saturated rings. The quantitative estimate of drug-likeness (QED) is 0.0771. The number of hydrogen-bond donors (Lipinski definition) is 4. The third-order valence-electron chi connectivity index (χ3n) is 9.83. The van der Waals surface area contributed by atoms with Crippen LogP contribution >= 0.6 is 0 Å². The van der Waals surface area contributed by atoms with Gasteiger partial charge in [-0.3, -0.25) is 28.8 Å². The molecule has 2 aliphatic rings. The monoisotopic (exact) mass is 866 g/mol. The lowest BCUT2D eigenvalue weighted by Gasteiger charge is -2.26. The Kier molecular flexibility index (Phi) is 24.8. The predicted octanol–water partition coefficient (Wildman–Crippen LogP) is 5.29. The van der Waals surface area contributed by atoms with Crippen molar-refractivity contribution in [2.24, 2.45) is 0 Å². The fraction of sp³-hybridized carbons (Fsp3) is 0.596.